The minimum atomic E-state index is 0.321. The molecule has 4 nitrogen and oxygen atoms in total. The Bertz CT molecular complexity index is 268. The SMILES string of the molecule is NNC(CC1CC1)C1(N2CCOCC2)CCCC1. The fourth-order valence-electron chi connectivity index (χ4n) is 4.01. The zero-order chi connectivity index (χ0) is 12.4. The van der Waals surface area contributed by atoms with Crippen molar-refractivity contribution in [3.05, 3.63) is 0 Å². The third kappa shape index (κ3) is 2.44. The summed E-state index contributed by atoms with van der Waals surface area (Å²) in [5, 5.41) is 0. The van der Waals surface area contributed by atoms with Crippen molar-refractivity contribution in [2.45, 2.75) is 56.5 Å². The van der Waals surface area contributed by atoms with Crippen LogP contribution in [0.4, 0.5) is 0 Å². The van der Waals surface area contributed by atoms with Gasteiger partial charge < -0.3 is 4.74 Å². The van der Waals surface area contributed by atoms with E-state index in [1.807, 2.05) is 0 Å². The number of hydrazine groups is 1. The highest BCUT2D eigenvalue weighted by molar-refractivity contribution is 5.04. The van der Waals surface area contributed by atoms with Gasteiger partial charge in [0, 0.05) is 24.7 Å². The van der Waals surface area contributed by atoms with Crippen molar-refractivity contribution in [3.8, 4) is 0 Å². The Labute approximate surface area is 110 Å². The van der Waals surface area contributed by atoms with Crippen molar-refractivity contribution >= 4 is 0 Å². The molecular weight excluding hydrogens is 226 g/mol. The van der Waals surface area contributed by atoms with E-state index in [0.717, 1.165) is 32.2 Å². The number of morpholine rings is 1. The fraction of sp³-hybridized carbons (Fsp3) is 1.00. The predicted molar refractivity (Wildman–Crippen MR) is 72.0 cm³/mol. The van der Waals surface area contributed by atoms with E-state index in [2.05, 4.69) is 10.3 Å². The molecule has 0 radical (unpaired) electrons. The van der Waals surface area contributed by atoms with Crippen molar-refractivity contribution in [2.24, 2.45) is 11.8 Å². The molecule has 0 amide bonds. The molecule has 2 saturated carbocycles. The summed E-state index contributed by atoms with van der Waals surface area (Å²) in [5.74, 6) is 6.85. The van der Waals surface area contributed by atoms with Gasteiger partial charge in [-0.05, 0) is 25.2 Å². The van der Waals surface area contributed by atoms with E-state index in [1.54, 1.807) is 0 Å². The van der Waals surface area contributed by atoms with E-state index in [4.69, 9.17) is 10.6 Å². The van der Waals surface area contributed by atoms with Crippen LogP contribution in [0.2, 0.25) is 0 Å². The topological polar surface area (TPSA) is 50.5 Å². The molecule has 18 heavy (non-hydrogen) atoms. The molecule has 1 atom stereocenters. The first-order valence-electron chi connectivity index (χ1n) is 7.64. The van der Waals surface area contributed by atoms with Crippen molar-refractivity contribution in [3.63, 3.8) is 0 Å². The Morgan fingerprint density at radius 3 is 2.44 bits per heavy atom. The second kappa shape index (κ2) is 5.45. The van der Waals surface area contributed by atoms with Gasteiger partial charge in [-0.3, -0.25) is 16.2 Å². The Kier molecular flexibility index (Phi) is 3.89. The minimum absolute atomic E-state index is 0.321. The molecule has 1 heterocycles. The van der Waals surface area contributed by atoms with Gasteiger partial charge in [-0.15, -0.1) is 0 Å². The smallest absolute Gasteiger partial charge is 0.0594 e. The minimum Gasteiger partial charge on any atom is -0.379 e. The van der Waals surface area contributed by atoms with Crippen LogP contribution in [0.5, 0.6) is 0 Å². The summed E-state index contributed by atoms with van der Waals surface area (Å²) in [7, 11) is 0. The quantitative estimate of drug-likeness (QED) is 0.572. The molecule has 3 N–H and O–H groups in total. The number of nitrogens with zero attached hydrogens (tertiary/aromatic N) is 1. The number of hydrogen-bond donors (Lipinski definition) is 2. The lowest BCUT2D eigenvalue weighted by Gasteiger charge is -2.48. The maximum Gasteiger partial charge on any atom is 0.0594 e. The van der Waals surface area contributed by atoms with E-state index in [9.17, 15) is 0 Å². The standard InChI is InChI=1S/C14H27N3O/c15-16-13(11-12-3-4-12)14(5-1-2-6-14)17-7-9-18-10-8-17/h12-13,16H,1-11,15H2. The van der Waals surface area contributed by atoms with E-state index in [0.29, 0.717) is 11.6 Å². The predicted octanol–water partition coefficient (Wildman–Crippen LogP) is 1.26. The summed E-state index contributed by atoms with van der Waals surface area (Å²) < 4.78 is 5.52. The maximum atomic E-state index is 5.91. The monoisotopic (exact) mass is 253 g/mol. The summed E-state index contributed by atoms with van der Waals surface area (Å²) in [4.78, 5) is 2.68. The van der Waals surface area contributed by atoms with Gasteiger partial charge in [-0.2, -0.15) is 0 Å². The van der Waals surface area contributed by atoms with E-state index >= 15 is 0 Å². The van der Waals surface area contributed by atoms with Gasteiger partial charge in [0.25, 0.3) is 0 Å². The van der Waals surface area contributed by atoms with Crippen LogP contribution < -0.4 is 11.3 Å². The Morgan fingerprint density at radius 2 is 1.89 bits per heavy atom. The third-order valence-electron chi connectivity index (χ3n) is 5.23. The zero-order valence-corrected chi connectivity index (χ0v) is 11.4. The highest BCUT2D eigenvalue weighted by atomic mass is 16.5. The Balaban J connectivity index is 1.74. The second-order valence-corrected chi connectivity index (χ2v) is 6.31. The van der Waals surface area contributed by atoms with Crippen LogP contribution in [0.3, 0.4) is 0 Å². The molecular formula is C14H27N3O. The van der Waals surface area contributed by atoms with Crippen LogP contribution in [-0.4, -0.2) is 42.8 Å². The molecule has 104 valence electrons. The van der Waals surface area contributed by atoms with Crippen LogP contribution in [0.25, 0.3) is 0 Å². The normalized spacial score (nSPS) is 30.5. The highest BCUT2D eigenvalue weighted by Gasteiger charge is 2.47. The van der Waals surface area contributed by atoms with Gasteiger partial charge in [0.1, 0.15) is 0 Å². The van der Waals surface area contributed by atoms with Crippen LogP contribution in [0, 0.1) is 5.92 Å². The van der Waals surface area contributed by atoms with E-state index < -0.39 is 0 Å². The molecule has 2 aliphatic carbocycles. The molecule has 3 fully saturated rings. The van der Waals surface area contributed by atoms with Gasteiger partial charge in [-0.1, -0.05) is 25.7 Å². The second-order valence-electron chi connectivity index (χ2n) is 6.31. The summed E-state index contributed by atoms with van der Waals surface area (Å²) in [6.45, 7) is 3.95. The van der Waals surface area contributed by atoms with Gasteiger partial charge in [0.05, 0.1) is 13.2 Å². The lowest BCUT2D eigenvalue weighted by atomic mass is 9.83. The van der Waals surface area contributed by atoms with Crippen molar-refractivity contribution < 1.29 is 4.74 Å². The molecule has 0 bridgehead atoms. The molecule has 1 unspecified atom stereocenters. The Hall–Kier alpha value is -0.160. The molecule has 0 aromatic carbocycles. The first kappa shape index (κ1) is 12.9. The average Bonchev–Trinajstić information content (AvgIpc) is 3.11. The van der Waals surface area contributed by atoms with Crippen LogP contribution >= 0.6 is 0 Å². The Morgan fingerprint density at radius 1 is 1.22 bits per heavy atom. The highest BCUT2D eigenvalue weighted by Crippen LogP contribution is 2.43. The van der Waals surface area contributed by atoms with Gasteiger partial charge in [0.15, 0.2) is 0 Å². The molecule has 4 heteroatoms. The van der Waals surface area contributed by atoms with Gasteiger partial charge in [-0.25, -0.2) is 0 Å². The fourth-order valence-corrected chi connectivity index (χ4v) is 4.01. The largest absolute Gasteiger partial charge is 0.379 e. The first-order valence-corrected chi connectivity index (χ1v) is 7.64. The molecule has 0 aromatic heterocycles. The summed E-state index contributed by atoms with van der Waals surface area (Å²) in [5.41, 5.74) is 3.49. The summed E-state index contributed by atoms with van der Waals surface area (Å²) >= 11 is 0. The average molecular weight is 253 g/mol. The van der Waals surface area contributed by atoms with Crippen LogP contribution in [-0.2, 0) is 4.74 Å². The molecule has 3 rings (SSSR count). The lowest BCUT2D eigenvalue weighted by molar-refractivity contribution is -0.0376. The van der Waals surface area contributed by atoms with E-state index in [1.165, 1.54) is 44.9 Å². The van der Waals surface area contributed by atoms with Crippen molar-refractivity contribution in [1.82, 2.24) is 10.3 Å². The number of rotatable bonds is 5. The van der Waals surface area contributed by atoms with Crippen molar-refractivity contribution in [1.29, 1.82) is 0 Å². The zero-order valence-electron chi connectivity index (χ0n) is 11.4. The van der Waals surface area contributed by atoms with E-state index in [-0.39, 0.29) is 0 Å². The maximum absolute atomic E-state index is 5.91. The van der Waals surface area contributed by atoms with Crippen molar-refractivity contribution in [2.75, 3.05) is 26.3 Å². The molecule has 0 aromatic rings. The summed E-state index contributed by atoms with van der Waals surface area (Å²) in [6, 6.07) is 0.477. The number of hydrogen-bond acceptors (Lipinski definition) is 4. The van der Waals surface area contributed by atoms with Crippen LogP contribution in [0.15, 0.2) is 0 Å². The van der Waals surface area contributed by atoms with Crippen LogP contribution in [0.1, 0.15) is 44.9 Å². The number of ether oxygens (including phenoxy) is 1. The first-order chi connectivity index (χ1) is 8.85. The number of nitrogens with two attached hydrogens (primary N) is 1. The number of nitrogens with one attached hydrogen (secondary N) is 1. The summed E-state index contributed by atoms with van der Waals surface area (Å²) in [6.07, 6.45) is 9.45. The van der Waals surface area contributed by atoms with Gasteiger partial charge in [0.2, 0.25) is 0 Å². The molecule has 1 saturated heterocycles. The third-order valence-corrected chi connectivity index (χ3v) is 5.23. The molecule has 1 aliphatic heterocycles. The lowest BCUT2D eigenvalue weighted by Crippen LogP contribution is -2.63. The molecule has 0 spiro atoms. The molecule has 3 aliphatic rings. The van der Waals surface area contributed by atoms with Gasteiger partial charge >= 0.3 is 0 Å².